The van der Waals surface area contributed by atoms with Gasteiger partial charge in [-0.05, 0) is 13.0 Å². The minimum Gasteiger partial charge on any atom is -0.356 e. The fourth-order valence-corrected chi connectivity index (χ4v) is 1.60. The van der Waals surface area contributed by atoms with Gasteiger partial charge in [0.2, 0.25) is 17.6 Å². The van der Waals surface area contributed by atoms with E-state index in [0.717, 1.165) is 11.1 Å². The van der Waals surface area contributed by atoms with E-state index in [9.17, 15) is 4.79 Å². The van der Waals surface area contributed by atoms with Gasteiger partial charge in [0.15, 0.2) is 0 Å². The molecule has 0 unspecified atom stereocenters. The standard InChI is InChI=1S/C13H15N3O2/c1-9-4-3-5-11(8-9)13-15-12(18-16-13)6-7-14-10(2)17/h3-5,8H,6-7H2,1-2H3,(H,14,17). The average molecular weight is 245 g/mol. The molecule has 1 N–H and O–H groups in total. The van der Waals surface area contributed by atoms with Crippen molar-refractivity contribution in [3.8, 4) is 11.4 Å². The van der Waals surface area contributed by atoms with E-state index in [1.807, 2.05) is 31.2 Å². The molecule has 0 saturated heterocycles. The van der Waals surface area contributed by atoms with Gasteiger partial charge in [-0.1, -0.05) is 28.9 Å². The molecule has 0 atom stereocenters. The van der Waals surface area contributed by atoms with Gasteiger partial charge in [-0.2, -0.15) is 4.98 Å². The SMILES string of the molecule is CC(=O)NCCc1nc(-c2cccc(C)c2)no1. The minimum atomic E-state index is -0.0616. The van der Waals surface area contributed by atoms with E-state index in [1.165, 1.54) is 6.92 Å². The first kappa shape index (κ1) is 12.3. The Morgan fingerprint density at radius 3 is 3.00 bits per heavy atom. The highest BCUT2D eigenvalue weighted by atomic mass is 16.5. The molecule has 0 fully saturated rings. The summed E-state index contributed by atoms with van der Waals surface area (Å²) in [6.45, 7) is 4.00. The zero-order valence-corrected chi connectivity index (χ0v) is 10.4. The number of carbonyl (C=O) groups is 1. The number of aromatic nitrogens is 2. The Kier molecular flexibility index (Phi) is 3.72. The van der Waals surface area contributed by atoms with Crippen molar-refractivity contribution in [1.29, 1.82) is 0 Å². The van der Waals surface area contributed by atoms with Crippen LogP contribution in [0.25, 0.3) is 11.4 Å². The maximum absolute atomic E-state index is 10.7. The molecule has 0 aliphatic rings. The molecular formula is C13H15N3O2. The fourth-order valence-electron chi connectivity index (χ4n) is 1.60. The molecule has 2 aromatic rings. The molecule has 5 nitrogen and oxygen atoms in total. The van der Waals surface area contributed by atoms with Gasteiger partial charge in [-0.15, -0.1) is 0 Å². The van der Waals surface area contributed by atoms with Crippen LogP contribution in [0.3, 0.4) is 0 Å². The number of hydrogen-bond donors (Lipinski definition) is 1. The van der Waals surface area contributed by atoms with Crippen LogP contribution in [-0.4, -0.2) is 22.6 Å². The maximum Gasteiger partial charge on any atom is 0.228 e. The number of hydrogen-bond acceptors (Lipinski definition) is 4. The molecule has 2 rings (SSSR count). The van der Waals surface area contributed by atoms with Crippen LogP contribution in [0.2, 0.25) is 0 Å². The van der Waals surface area contributed by atoms with E-state index in [2.05, 4.69) is 15.5 Å². The van der Waals surface area contributed by atoms with Crippen molar-refractivity contribution in [2.45, 2.75) is 20.3 Å². The molecule has 94 valence electrons. The van der Waals surface area contributed by atoms with Crippen molar-refractivity contribution in [2.75, 3.05) is 6.54 Å². The van der Waals surface area contributed by atoms with E-state index >= 15 is 0 Å². The first-order valence-corrected chi connectivity index (χ1v) is 5.79. The van der Waals surface area contributed by atoms with Gasteiger partial charge < -0.3 is 9.84 Å². The molecule has 0 spiro atoms. The lowest BCUT2D eigenvalue weighted by Gasteiger charge is -1.97. The Labute approximate surface area is 105 Å². The summed E-state index contributed by atoms with van der Waals surface area (Å²) in [6, 6.07) is 7.91. The van der Waals surface area contributed by atoms with Gasteiger partial charge in [0.05, 0.1) is 0 Å². The molecule has 1 aromatic carbocycles. The number of rotatable bonds is 4. The number of benzene rings is 1. The van der Waals surface area contributed by atoms with Crippen LogP contribution in [0.1, 0.15) is 18.4 Å². The molecule has 5 heteroatoms. The quantitative estimate of drug-likeness (QED) is 0.890. The van der Waals surface area contributed by atoms with Crippen molar-refractivity contribution in [2.24, 2.45) is 0 Å². The van der Waals surface area contributed by atoms with Gasteiger partial charge in [0.25, 0.3) is 0 Å². The smallest absolute Gasteiger partial charge is 0.228 e. The first-order chi connectivity index (χ1) is 8.65. The van der Waals surface area contributed by atoms with E-state index in [1.54, 1.807) is 0 Å². The minimum absolute atomic E-state index is 0.0616. The zero-order chi connectivity index (χ0) is 13.0. The van der Waals surface area contributed by atoms with Crippen molar-refractivity contribution in [3.05, 3.63) is 35.7 Å². The van der Waals surface area contributed by atoms with E-state index in [0.29, 0.717) is 24.7 Å². The van der Waals surface area contributed by atoms with Gasteiger partial charge in [-0.25, -0.2) is 0 Å². The number of amides is 1. The summed E-state index contributed by atoms with van der Waals surface area (Å²) in [5, 5.41) is 6.61. The summed E-state index contributed by atoms with van der Waals surface area (Å²) in [5.41, 5.74) is 2.08. The van der Waals surface area contributed by atoms with Crippen LogP contribution in [0.4, 0.5) is 0 Å². The Morgan fingerprint density at radius 1 is 1.44 bits per heavy atom. The number of carbonyl (C=O) groups excluding carboxylic acids is 1. The largest absolute Gasteiger partial charge is 0.356 e. The molecule has 1 heterocycles. The van der Waals surface area contributed by atoms with Crippen LogP contribution in [0.15, 0.2) is 28.8 Å². The van der Waals surface area contributed by atoms with E-state index in [-0.39, 0.29) is 5.91 Å². The lowest BCUT2D eigenvalue weighted by Crippen LogP contribution is -2.22. The molecule has 1 aromatic heterocycles. The fraction of sp³-hybridized carbons (Fsp3) is 0.308. The average Bonchev–Trinajstić information content (AvgIpc) is 2.77. The van der Waals surface area contributed by atoms with Gasteiger partial charge in [0.1, 0.15) is 0 Å². The number of nitrogens with one attached hydrogen (secondary N) is 1. The number of nitrogens with zero attached hydrogens (tertiary/aromatic N) is 2. The Balaban J connectivity index is 2.04. The molecule has 1 amide bonds. The lowest BCUT2D eigenvalue weighted by molar-refractivity contribution is -0.118. The first-order valence-electron chi connectivity index (χ1n) is 5.79. The van der Waals surface area contributed by atoms with Crippen molar-refractivity contribution in [3.63, 3.8) is 0 Å². The predicted octanol–water partition coefficient (Wildman–Crippen LogP) is 1.72. The zero-order valence-electron chi connectivity index (χ0n) is 10.4. The Hall–Kier alpha value is -2.17. The number of aryl methyl sites for hydroxylation is 1. The second kappa shape index (κ2) is 5.44. The third kappa shape index (κ3) is 3.16. The Bertz CT molecular complexity index is 549. The Morgan fingerprint density at radius 2 is 2.28 bits per heavy atom. The van der Waals surface area contributed by atoms with Crippen molar-refractivity contribution >= 4 is 5.91 Å². The summed E-state index contributed by atoms with van der Waals surface area (Å²) >= 11 is 0. The molecule has 18 heavy (non-hydrogen) atoms. The summed E-state index contributed by atoms with van der Waals surface area (Å²) in [5.74, 6) is 1.05. The van der Waals surface area contributed by atoms with Crippen LogP contribution < -0.4 is 5.32 Å². The second-order valence-corrected chi connectivity index (χ2v) is 4.11. The van der Waals surface area contributed by atoms with Gasteiger partial charge >= 0.3 is 0 Å². The highest BCUT2D eigenvalue weighted by molar-refractivity contribution is 5.72. The normalized spacial score (nSPS) is 10.3. The lowest BCUT2D eigenvalue weighted by atomic mass is 10.1. The molecule has 0 aliphatic heterocycles. The molecule has 0 saturated carbocycles. The van der Waals surface area contributed by atoms with Crippen molar-refractivity contribution < 1.29 is 9.32 Å². The van der Waals surface area contributed by atoms with Crippen LogP contribution in [-0.2, 0) is 11.2 Å². The van der Waals surface area contributed by atoms with E-state index < -0.39 is 0 Å². The summed E-state index contributed by atoms with van der Waals surface area (Å²) in [7, 11) is 0. The van der Waals surface area contributed by atoms with Crippen molar-refractivity contribution in [1.82, 2.24) is 15.5 Å². The summed E-state index contributed by atoms with van der Waals surface area (Å²) < 4.78 is 5.13. The predicted molar refractivity (Wildman–Crippen MR) is 66.9 cm³/mol. The van der Waals surface area contributed by atoms with Crippen LogP contribution in [0.5, 0.6) is 0 Å². The summed E-state index contributed by atoms with van der Waals surface area (Å²) in [4.78, 5) is 15.0. The highest BCUT2D eigenvalue weighted by Crippen LogP contribution is 2.16. The molecular weight excluding hydrogens is 230 g/mol. The highest BCUT2D eigenvalue weighted by Gasteiger charge is 2.08. The van der Waals surface area contributed by atoms with E-state index in [4.69, 9.17) is 4.52 Å². The molecule has 0 radical (unpaired) electrons. The second-order valence-electron chi connectivity index (χ2n) is 4.11. The molecule has 0 aliphatic carbocycles. The third-order valence-corrected chi connectivity index (χ3v) is 2.46. The molecule has 0 bridgehead atoms. The third-order valence-electron chi connectivity index (χ3n) is 2.46. The van der Waals surface area contributed by atoms with Crippen LogP contribution >= 0.6 is 0 Å². The monoisotopic (exact) mass is 245 g/mol. The van der Waals surface area contributed by atoms with Gasteiger partial charge in [0, 0.05) is 25.5 Å². The summed E-state index contributed by atoms with van der Waals surface area (Å²) in [6.07, 6.45) is 0.540. The van der Waals surface area contributed by atoms with Crippen LogP contribution in [0, 0.1) is 6.92 Å². The maximum atomic E-state index is 10.7. The topological polar surface area (TPSA) is 68.0 Å². The van der Waals surface area contributed by atoms with Gasteiger partial charge in [-0.3, -0.25) is 4.79 Å².